The molecule has 0 bridgehead atoms. The summed E-state index contributed by atoms with van der Waals surface area (Å²) >= 11 is 1.81. The van der Waals surface area contributed by atoms with E-state index >= 15 is 0 Å². The van der Waals surface area contributed by atoms with Gasteiger partial charge in [0.05, 0.1) is 9.22 Å². The Hall–Kier alpha value is -0.790. The van der Waals surface area contributed by atoms with Crippen molar-refractivity contribution in [3.05, 3.63) is 33.8 Å². The van der Waals surface area contributed by atoms with Gasteiger partial charge in [-0.15, -0.1) is 0 Å². The third-order valence-corrected chi connectivity index (χ3v) is 3.05. The van der Waals surface area contributed by atoms with E-state index in [-0.39, 0.29) is 5.52 Å². The van der Waals surface area contributed by atoms with Crippen molar-refractivity contribution in [3.63, 3.8) is 0 Å². The highest BCUT2D eigenvalue weighted by Gasteiger charge is 2.29. The Balaban J connectivity index is 2.58. The average molecular weight is 343 g/mol. The van der Waals surface area contributed by atoms with E-state index in [1.165, 1.54) is 12.1 Å². The number of nitrogens with zero attached hydrogens (tertiary/aromatic N) is 1. The third-order valence-electron chi connectivity index (χ3n) is 2.15. The summed E-state index contributed by atoms with van der Waals surface area (Å²) in [6.45, 7) is -1.10. The van der Waals surface area contributed by atoms with Crippen LogP contribution in [0.3, 0.4) is 0 Å². The topological polar surface area (TPSA) is 4.93 Å². The standard InChI is InChI=1S/C10H6F4IN/c11-7-2-1-6-3-9(15)16(8(6)4-7)5-10(12,13)14/h1-4H,5H2. The summed E-state index contributed by atoms with van der Waals surface area (Å²) in [4.78, 5) is 0. The maximum Gasteiger partial charge on any atom is 0.406 e. The van der Waals surface area contributed by atoms with E-state index in [1.54, 1.807) is 28.7 Å². The lowest BCUT2D eigenvalue weighted by atomic mass is 10.2. The minimum absolute atomic E-state index is 0.265. The van der Waals surface area contributed by atoms with Crippen LogP contribution in [0.1, 0.15) is 0 Å². The Morgan fingerprint density at radius 2 is 1.88 bits per heavy atom. The van der Waals surface area contributed by atoms with E-state index in [0.717, 1.165) is 10.6 Å². The number of halogens is 5. The molecule has 0 aliphatic carbocycles. The predicted octanol–water partition coefficient (Wildman–Crippen LogP) is 3.95. The van der Waals surface area contributed by atoms with Crippen LogP contribution in [-0.4, -0.2) is 10.7 Å². The molecule has 1 aromatic heterocycles. The Morgan fingerprint density at radius 1 is 1.19 bits per heavy atom. The van der Waals surface area contributed by atoms with E-state index in [1.807, 2.05) is 0 Å². The SMILES string of the molecule is Fc1ccc2cc(I)n(CC(F)(F)F)c2c1. The molecule has 0 N–H and O–H groups in total. The van der Waals surface area contributed by atoms with E-state index < -0.39 is 18.5 Å². The highest BCUT2D eigenvalue weighted by atomic mass is 127. The fraction of sp³-hybridized carbons (Fsp3) is 0.200. The summed E-state index contributed by atoms with van der Waals surface area (Å²) in [6.07, 6.45) is -4.31. The van der Waals surface area contributed by atoms with Crippen LogP contribution in [0.25, 0.3) is 10.9 Å². The minimum atomic E-state index is -4.31. The quantitative estimate of drug-likeness (QED) is 0.546. The predicted molar refractivity (Wildman–Crippen MR) is 60.7 cm³/mol. The van der Waals surface area contributed by atoms with Gasteiger partial charge < -0.3 is 4.57 Å². The van der Waals surface area contributed by atoms with Crippen LogP contribution < -0.4 is 0 Å². The molecule has 16 heavy (non-hydrogen) atoms. The molecule has 0 saturated heterocycles. The molecule has 2 rings (SSSR count). The molecular weight excluding hydrogens is 337 g/mol. The number of hydrogen-bond acceptors (Lipinski definition) is 0. The van der Waals surface area contributed by atoms with Crippen LogP contribution in [0, 0.1) is 9.52 Å². The average Bonchev–Trinajstić information content (AvgIpc) is 2.42. The van der Waals surface area contributed by atoms with Crippen molar-refractivity contribution >= 4 is 33.5 Å². The summed E-state index contributed by atoms with van der Waals surface area (Å²) in [6, 6.07) is 5.42. The number of benzene rings is 1. The number of rotatable bonds is 1. The van der Waals surface area contributed by atoms with Crippen molar-refractivity contribution in [1.82, 2.24) is 4.57 Å². The molecule has 86 valence electrons. The largest absolute Gasteiger partial charge is 0.406 e. The Labute approximate surface area is 102 Å². The van der Waals surface area contributed by atoms with Crippen molar-refractivity contribution in [2.75, 3.05) is 0 Å². The first kappa shape index (κ1) is 11.7. The first-order chi connectivity index (χ1) is 7.37. The zero-order chi connectivity index (χ0) is 11.9. The molecule has 0 spiro atoms. The summed E-state index contributed by atoms with van der Waals surface area (Å²) in [7, 11) is 0. The van der Waals surface area contributed by atoms with Gasteiger partial charge in [-0.2, -0.15) is 13.2 Å². The molecule has 1 aromatic carbocycles. The second kappa shape index (κ2) is 3.90. The minimum Gasteiger partial charge on any atom is -0.327 e. The Morgan fingerprint density at radius 3 is 2.50 bits per heavy atom. The lowest BCUT2D eigenvalue weighted by molar-refractivity contribution is -0.140. The number of fused-ring (bicyclic) bond motifs is 1. The molecule has 1 nitrogen and oxygen atoms in total. The second-order valence-electron chi connectivity index (χ2n) is 3.37. The number of aromatic nitrogens is 1. The van der Waals surface area contributed by atoms with Crippen LogP contribution in [0.5, 0.6) is 0 Å². The highest BCUT2D eigenvalue weighted by Crippen LogP contribution is 2.26. The van der Waals surface area contributed by atoms with Gasteiger partial charge in [0, 0.05) is 5.39 Å². The van der Waals surface area contributed by atoms with Gasteiger partial charge in [0.1, 0.15) is 12.4 Å². The molecule has 0 fully saturated rings. The first-order valence-electron chi connectivity index (χ1n) is 4.38. The van der Waals surface area contributed by atoms with Crippen LogP contribution in [0.15, 0.2) is 24.3 Å². The summed E-state index contributed by atoms with van der Waals surface area (Å²) in [5, 5.41) is 0.607. The first-order valence-corrected chi connectivity index (χ1v) is 5.46. The second-order valence-corrected chi connectivity index (χ2v) is 4.48. The fourth-order valence-corrected chi connectivity index (χ4v) is 2.30. The van der Waals surface area contributed by atoms with Crippen LogP contribution >= 0.6 is 22.6 Å². The fourth-order valence-electron chi connectivity index (χ4n) is 1.53. The van der Waals surface area contributed by atoms with Gasteiger partial charge in [-0.3, -0.25) is 0 Å². The van der Waals surface area contributed by atoms with Gasteiger partial charge >= 0.3 is 6.18 Å². The Bertz CT molecular complexity index is 529. The smallest absolute Gasteiger partial charge is 0.327 e. The number of hydrogen-bond donors (Lipinski definition) is 0. The summed E-state index contributed by atoms with van der Waals surface area (Å²) in [5.41, 5.74) is 0.265. The van der Waals surface area contributed by atoms with Crippen LogP contribution in [0.2, 0.25) is 0 Å². The van der Waals surface area contributed by atoms with Crippen molar-refractivity contribution in [1.29, 1.82) is 0 Å². The molecule has 0 saturated carbocycles. The molecule has 0 amide bonds. The highest BCUT2D eigenvalue weighted by molar-refractivity contribution is 14.1. The van der Waals surface area contributed by atoms with Gasteiger partial charge in [-0.05, 0) is 46.9 Å². The molecule has 0 aliphatic heterocycles. The van der Waals surface area contributed by atoms with Crippen LogP contribution in [0.4, 0.5) is 17.6 Å². The molecule has 6 heteroatoms. The lowest BCUT2D eigenvalue weighted by Crippen LogP contribution is -2.18. The van der Waals surface area contributed by atoms with Gasteiger partial charge in [0.2, 0.25) is 0 Å². The third kappa shape index (κ3) is 2.31. The zero-order valence-electron chi connectivity index (χ0n) is 7.85. The van der Waals surface area contributed by atoms with Gasteiger partial charge in [-0.25, -0.2) is 4.39 Å². The van der Waals surface area contributed by atoms with Crippen molar-refractivity contribution in [2.45, 2.75) is 12.7 Å². The molecule has 0 radical (unpaired) electrons. The van der Waals surface area contributed by atoms with Crippen LogP contribution in [-0.2, 0) is 6.54 Å². The molecule has 1 heterocycles. The van der Waals surface area contributed by atoms with Crippen molar-refractivity contribution < 1.29 is 17.6 Å². The molecule has 2 aromatic rings. The lowest BCUT2D eigenvalue weighted by Gasteiger charge is -2.10. The van der Waals surface area contributed by atoms with Crippen molar-refractivity contribution in [3.8, 4) is 0 Å². The monoisotopic (exact) mass is 343 g/mol. The normalized spacial score (nSPS) is 12.3. The zero-order valence-corrected chi connectivity index (χ0v) is 10.0. The van der Waals surface area contributed by atoms with Gasteiger partial charge in [0.15, 0.2) is 0 Å². The summed E-state index contributed by atoms with van der Waals surface area (Å²) in [5.74, 6) is -0.537. The van der Waals surface area contributed by atoms with Gasteiger partial charge in [-0.1, -0.05) is 0 Å². The molecule has 0 aliphatic rings. The van der Waals surface area contributed by atoms with E-state index in [2.05, 4.69) is 0 Å². The maximum atomic E-state index is 13.0. The van der Waals surface area contributed by atoms with Gasteiger partial charge in [0.25, 0.3) is 0 Å². The summed E-state index contributed by atoms with van der Waals surface area (Å²) < 4.78 is 51.4. The van der Waals surface area contributed by atoms with E-state index in [0.29, 0.717) is 9.09 Å². The Kier molecular flexibility index (Phi) is 2.85. The maximum absolute atomic E-state index is 13.0. The van der Waals surface area contributed by atoms with E-state index in [4.69, 9.17) is 0 Å². The molecular formula is C10H6F4IN. The van der Waals surface area contributed by atoms with E-state index in [9.17, 15) is 17.6 Å². The molecule has 0 atom stereocenters. The van der Waals surface area contributed by atoms with Crippen molar-refractivity contribution in [2.24, 2.45) is 0 Å². The number of alkyl halides is 3. The molecule has 0 unspecified atom stereocenters.